The van der Waals surface area contributed by atoms with Gasteiger partial charge in [0.25, 0.3) is 0 Å². The van der Waals surface area contributed by atoms with Crippen molar-refractivity contribution in [2.45, 2.75) is 6.42 Å². The highest BCUT2D eigenvalue weighted by molar-refractivity contribution is 9.09. The van der Waals surface area contributed by atoms with Crippen molar-refractivity contribution in [3.05, 3.63) is 18.0 Å². The fourth-order valence-corrected chi connectivity index (χ4v) is 1.78. The highest BCUT2D eigenvalue weighted by Gasteiger charge is 1.99. The van der Waals surface area contributed by atoms with Gasteiger partial charge >= 0.3 is 0 Å². The first-order chi connectivity index (χ1) is 6.22. The van der Waals surface area contributed by atoms with Crippen LogP contribution in [0.2, 0.25) is 0 Å². The maximum Gasteiger partial charge on any atom is 0.0522 e. The number of rotatable bonds is 5. The zero-order valence-corrected chi connectivity index (χ0v) is 9.79. The molecule has 0 unspecified atom stereocenters. The van der Waals surface area contributed by atoms with E-state index in [0.29, 0.717) is 0 Å². The lowest BCUT2D eigenvalue weighted by Gasteiger charge is -2.13. The molecule has 1 aromatic heterocycles. The Morgan fingerprint density at radius 3 is 2.85 bits per heavy atom. The van der Waals surface area contributed by atoms with Gasteiger partial charge in [0.2, 0.25) is 0 Å². The average Bonchev–Trinajstić information content (AvgIpc) is 2.49. The lowest BCUT2D eigenvalue weighted by Crippen LogP contribution is -2.23. The van der Waals surface area contributed by atoms with E-state index >= 15 is 0 Å². The van der Waals surface area contributed by atoms with Crippen LogP contribution < -0.4 is 0 Å². The molecule has 74 valence electrons. The van der Waals surface area contributed by atoms with Crippen LogP contribution in [0, 0.1) is 0 Å². The first kappa shape index (κ1) is 10.7. The number of alkyl halides is 1. The SMILES string of the molecule is CN(CCBr)CCc1cnn(C)c1. The van der Waals surface area contributed by atoms with Crippen molar-refractivity contribution in [2.24, 2.45) is 7.05 Å². The maximum absolute atomic E-state index is 4.13. The molecule has 0 radical (unpaired) electrons. The van der Waals surface area contributed by atoms with Crippen LogP contribution in [0.25, 0.3) is 0 Å². The number of aromatic nitrogens is 2. The molecule has 0 saturated carbocycles. The Kier molecular flexibility index (Phi) is 4.45. The van der Waals surface area contributed by atoms with Crippen molar-refractivity contribution in [3.8, 4) is 0 Å². The van der Waals surface area contributed by atoms with Crippen LogP contribution in [0.1, 0.15) is 5.56 Å². The molecular weight excluding hydrogens is 230 g/mol. The number of hydrogen-bond donors (Lipinski definition) is 0. The summed E-state index contributed by atoms with van der Waals surface area (Å²) in [6, 6.07) is 0. The quantitative estimate of drug-likeness (QED) is 0.730. The Morgan fingerprint density at radius 1 is 1.54 bits per heavy atom. The summed E-state index contributed by atoms with van der Waals surface area (Å²) in [4.78, 5) is 2.31. The molecule has 0 spiro atoms. The number of aryl methyl sites for hydroxylation is 1. The Bertz CT molecular complexity index is 247. The molecule has 0 saturated heterocycles. The zero-order chi connectivity index (χ0) is 9.68. The van der Waals surface area contributed by atoms with Crippen LogP contribution in [-0.4, -0.2) is 40.1 Å². The maximum atomic E-state index is 4.13. The van der Waals surface area contributed by atoms with E-state index in [0.717, 1.165) is 24.8 Å². The largest absolute Gasteiger partial charge is 0.305 e. The van der Waals surface area contributed by atoms with Crippen molar-refractivity contribution in [2.75, 3.05) is 25.5 Å². The Balaban J connectivity index is 2.26. The molecule has 4 heteroatoms. The number of hydrogen-bond acceptors (Lipinski definition) is 2. The van der Waals surface area contributed by atoms with E-state index < -0.39 is 0 Å². The van der Waals surface area contributed by atoms with Crippen LogP contribution in [0.5, 0.6) is 0 Å². The minimum Gasteiger partial charge on any atom is -0.305 e. The minimum absolute atomic E-state index is 1.04. The van der Waals surface area contributed by atoms with Gasteiger partial charge < -0.3 is 4.90 Å². The summed E-state index contributed by atoms with van der Waals surface area (Å²) in [6.07, 6.45) is 5.08. The van der Waals surface area contributed by atoms with Gasteiger partial charge in [-0.1, -0.05) is 15.9 Å². The third-order valence-corrected chi connectivity index (χ3v) is 2.36. The lowest BCUT2D eigenvalue weighted by molar-refractivity contribution is 0.361. The molecule has 0 atom stereocenters. The predicted molar refractivity (Wildman–Crippen MR) is 58.2 cm³/mol. The van der Waals surface area contributed by atoms with E-state index in [4.69, 9.17) is 0 Å². The van der Waals surface area contributed by atoms with E-state index in [1.165, 1.54) is 5.56 Å². The minimum atomic E-state index is 1.04. The molecule has 1 aromatic rings. The first-order valence-corrected chi connectivity index (χ1v) is 5.56. The molecule has 0 aromatic carbocycles. The molecule has 3 nitrogen and oxygen atoms in total. The van der Waals surface area contributed by atoms with Crippen molar-refractivity contribution >= 4 is 15.9 Å². The monoisotopic (exact) mass is 245 g/mol. The van der Waals surface area contributed by atoms with Gasteiger partial charge in [-0.2, -0.15) is 5.10 Å². The highest BCUT2D eigenvalue weighted by atomic mass is 79.9. The molecule has 1 rings (SSSR count). The molecule has 0 fully saturated rings. The molecule has 13 heavy (non-hydrogen) atoms. The summed E-state index contributed by atoms with van der Waals surface area (Å²) in [5.74, 6) is 0. The third-order valence-electron chi connectivity index (χ3n) is 2.01. The second-order valence-electron chi connectivity index (χ2n) is 3.26. The topological polar surface area (TPSA) is 21.1 Å². The van der Waals surface area contributed by atoms with E-state index in [2.05, 4.69) is 39.2 Å². The van der Waals surface area contributed by atoms with E-state index in [9.17, 15) is 0 Å². The van der Waals surface area contributed by atoms with Crippen molar-refractivity contribution < 1.29 is 0 Å². The smallest absolute Gasteiger partial charge is 0.0522 e. The third kappa shape index (κ3) is 3.91. The highest BCUT2D eigenvalue weighted by Crippen LogP contribution is 1.98. The molecule has 0 aliphatic heterocycles. The molecule has 0 amide bonds. The van der Waals surface area contributed by atoms with Crippen molar-refractivity contribution in [1.29, 1.82) is 0 Å². The first-order valence-electron chi connectivity index (χ1n) is 4.44. The summed E-state index contributed by atoms with van der Waals surface area (Å²) >= 11 is 3.42. The van der Waals surface area contributed by atoms with Gasteiger partial charge in [0.15, 0.2) is 0 Å². The van der Waals surface area contributed by atoms with Gasteiger partial charge in [-0.3, -0.25) is 4.68 Å². The van der Waals surface area contributed by atoms with Gasteiger partial charge in [-0.05, 0) is 19.0 Å². The van der Waals surface area contributed by atoms with Gasteiger partial charge in [0.05, 0.1) is 6.20 Å². The molecular formula is C9H16BrN3. The van der Waals surface area contributed by atoms with Crippen LogP contribution in [-0.2, 0) is 13.5 Å². The Labute approximate surface area is 87.9 Å². The van der Waals surface area contributed by atoms with Crippen molar-refractivity contribution in [1.82, 2.24) is 14.7 Å². The van der Waals surface area contributed by atoms with Gasteiger partial charge in [-0.15, -0.1) is 0 Å². The number of nitrogens with zero attached hydrogens (tertiary/aromatic N) is 3. The Morgan fingerprint density at radius 2 is 2.31 bits per heavy atom. The summed E-state index contributed by atoms with van der Waals surface area (Å²) in [5.41, 5.74) is 1.31. The number of likely N-dealkylation sites (N-methyl/N-ethyl adjacent to an activating group) is 1. The molecule has 0 bridgehead atoms. The summed E-state index contributed by atoms with van der Waals surface area (Å²) in [7, 11) is 4.09. The fraction of sp³-hybridized carbons (Fsp3) is 0.667. The Hall–Kier alpha value is -0.350. The normalized spacial score (nSPS) is 11.1. The average molecular weight is 246 g/mol. The lowest BCUT2D eigenvalue weighted by atomic mass is 10.2. The second-order valence-corrected chi connectivity index (χ2v) is 4.06. The summed E-state index contributed by atoms with van der Waals surface area (Å²) in [5, 5.41) is 5.17. The van der Waals surface area contributed by atoms with Crippen LogP contribution in [0.15, 0.2) is 12.4 Å². The summed E-state index contributed by atoms with van der Waals surface area (Å²) < 4.78 is 1.85. The molecule has 0 aliphatic carbocycles. The van der Waals surface area contributed by atoms with E-state index in [1.54, 1.807) is 0 Å². The van der Waals surface area contributed by atoms with Crippen LogP contribution in [0.3, 0.4) is 0 Å². The van der Waals surface area contributed by atoms with Crippen LogP contribution >= 0.6 is 15.9 Å². The second kappa shape index (κ2) is 5.40. The van der Waals surface area contributed by atoms with Gasteiger partial charge in [0.1, 0.15) is 0 Å². The number of halogens is 1. The standard InChI is InChI=1S/C9H16BrN3/c1-12(6-4-10)5-3-9-7-11-13(2)8-9/h7-8H,3-6H2,1-2H3. The molecule has 0 aliphatic rings. The van der Waals surface area contributed by atoms with Crippen molar-refractivity contribution in [3.63, 3.8) is 0 Å². The summed E-state index contributed by atoms with van der Waals surface area (Å²) in [6.45, 7) is 2.19. The fourth-order valence-electron chi connectivity index (χ4n) is 1.18. The van der Waals surface area contributed by atoms with Gasteiger partial charge in [0, 0.05) is 31.7 Å². The molecule has 0 N–H and O–H groups in total. The van der Waals surface area contributed by atoms with Crippen LogP contribution in [0.4, 0.5) is 0 Å². The van der Waals surface area contributed by atoms with E-state index in [-0.39, 0.29) is 0 Å². The molecule has 1 heterocycles. The van der Waals surface area contributed by atoms with Gasteiger partial charge in [-0.25, -0.2) is 0 Å². The zero-order valence-electron chi connectivity index (χ0n) is 8.20. The predicted octanol–water partition coefficient (Wildman–Crippen LogP) is 1.29. The van der Waals surface area contributed by atoms with E-state index in [1.807, 2.05) is 17.9 Å².